The lowest BCUT2D eigenvalue weighted by Gasteiger charge is -2.22. The van der Waals surface area contributed by atoms with Gasteiger partial charge in [0.2, 0.25) is 11.8 Å². The fraction of sp³-hybridized carbons (Fsp3) is 0.556. The summed E-state index contributed by atoms with van der Waals surface area (Å²) in [4.78, 5) is 29.8. The Kier molecular flexibility index (Phi) is 7.33. The first-order valence-corrected chi connectivity index (χ1v) is 8.65. The fourth-order valence-electron chi connectivity index (χ4n) is 2.77. The Morgan fingerprint density at radius 3 is 2.52 bits per heavy atom. The van der Waals surface area contributed by atoms with Crippen LogP contribution in [0, 0.1) is 5.82 Å². The number of benzene rings is 1. The van der Waals surface area contributed by atoms with E-state index in [4.69, 9.17) is 0 Å². The SMILES string of the molecule is CN(C)C(=O)CN1CCCN(CCC(=O)Nc2ccccc2F)CC1. The third-order valence-electron chi connectivity index (χ3n) is 4.34. The zero-order valence-electron chi connectivity index (χ0n) is 15.0. The van der Waals surface area contributed by atoms with Crippen molar-refractivity contribution in [3.63, 3.8) is 0 Å². The molecular formula is C18H27FN4O2. The number of para-hydroxylation sites is 1. The van der Waals surface area contributed by atoms with Crippen LogP contribution in [-0.4, -0.2) is 79.9 Å². The molecule has 1 N–H and O–H groups in total. The number of rotatable bonds is 6. The van der Waals surface area contributed by atoms with Crippen LogP contribution in [0.4, 0.5) is 10.1 Å². The Morgan fingerprint density at radius 1 is 1.12 bits per heavy atom. The van der Waals surface area contributed by atoms with Gasteiger partial charge >= 0.3 is 0 Å². The minimum atomic E-state index is -0.424. The zero-order valence-corrected chi connectivity index (χ0v) is 15.0. The van der Waals surface area contributed by atoms with Gasteiger partial charge in [-0.2, -0.15) is 0 Å². The van der Waals surface area contributed by atoms with Crippen LogP contribution in [0.25, 0.3) is 0 Å². The molecule has 1 fully saturated rings. The summed E-state index contributed by atoms with van der Waals surface area (Å²) in [5, 5.41) is 2.61. The highest BCUT2D eigenvalue weighted by Gasteiger charge is 2.18. The number of likely N-dealkylation sites (N-methyl/N-ethyl adjacent to an activating group) is 1. The van der Waals surface area contributed by atoms with Gasteiger partial charge in [-0.15, -0.1) is 0 Å². The van der Waals surface area contributed by atoms with Gasteiger partial charge < -0.3 is 15.1 Å². The van der Waals surface area contributed by atoms with E-state index in [-0.39, 0.29) is 17.5 Å². The number of hydrogen-bond acceptors (Lipinski definition) is 4. The summed E-state index contributed by atoms with van der Waals surface area (Å²) in [5.41, 5.74) is 0.219. The average molecular weight is 350 g/mol. The van der Waals surface area contributed by atoms with Crippen molar-refractivity contribution < 1.29 is 14.0 Å². The molecule has 7 heteroatoms. The van der Waals surface area contributed by atoms with Gasteiger partial charge in [-0.3, -0.25) is 14.5 Å². The van der Waals surface area contributed by atoms with Gasteiger partial charge in [0, 0.05) is 40.2 Å². The summed E-state index contributed by atoms with van der Waals surface area (Å²) >= 11 is 0. The van der Waals surface area contributed by atoms with E-state index in [1.165, 1.54) is 6.07 Å². The molecule has 1 aliphatic heterocycles. The standard InChI is InChI=1S/C18H27FN4O2/c1-21(2)18(25)14-23-10-5-9-22(12-13-23)11-8-17(24)20-16-7-4-3-6-15(16)19/h3-4,6-7H,5,8-14H2,1-2H3,(H,20,24). The van der Waals surface area contributed by atoms with Crippen molar-refractivity contribution in [2.45, 2.75) is 12.8 Å². The zero-order chi connectivity index (χ0) is 18.2. The van der Waals surface area contributed by atoms with Gasteiger partial charge in [0.25, 0.3) is 0 Å². The lowest BCUT2D eigenvalue weighted by molar-refractivity contribution is -0.129. The Labute approximate surface area is 148 Å². The van der Waals surface area contributed by atoms with Gasteiger partial charge in [-0.1, -0.05) is 12.1 Å². The summed E-state index contributed by atoms with van der Waals surface area (Å²) in [6.07, 6.45) is 1.29. The first-order chi connectivity index (χ1) is 12.0. The molecule has 2 rings (SSSR count). The second kappa shape index (κ2) is 9.48. The molecule has 0 spiro atoms. The van der Waals surface area contributed by atoms with E-state index in [2.05, 4.69) is 15.1 Å². The van der Waals surface area contributed by atoms with Crippen molar-refractivity contribution in [3.05, 3.63) is 30.1 Å². The predicted molar refractivity (Wildman–Crippen MR) is 95.8 cm³/mol. The first kappa shape index (κ1) is 19.3. The molecular weight excluding hydrogens is 323 g/mol. The van der Waals surface area contributed by atoms with E-state index in [0.29, 0.717) is 19.5 Å². The van der Waals surface area contributed by atoms with E-state index in [0.717, 1.165) is 32.6 Å². The number of carbonyl (C=O) groups excluding carboxylic acids is 2. The van der Waals surface area contributed by atoms with Crippen LogP contribution in [0.1, 0.15) is 12.8 Å². The van der Waals surface area contributed by atoms with Crippen molar-refractivity contribution in [3.8, 4) is 0 Å². The molecule has 6 nitrogen and oxygen atoms in total. The minimum Gasteiger partial charge on any atom is -0.348 e. The number of nitrogens with zero attached hydrogens (tertiary/aromatic N) is 3. The minimum absolute atomic E-state index is 0.109. The molecule has 0 aliphatic carbocycles. The van der Waals surface area contributed by atoms with Crippen LogP contribution in [0.15, 0.2) is 24.3 Å². The maximum absolute atomic E-state index is 13.5. The van der Waals surface area contributed by atoms with Crippen LogP contribution in [-0.2, 0) is 9.59 Å². The highest BCUT2D eigenvalue weighted by atomic mass is 19.1. The van der Waals surface area contributed by atoms with Crippen LogP contribution < -0.4 is 5.32 Å². The number of carbonyl (C=O) groups is 2. The van der Waals surface area contributed by atoms with Crippen molar-refractivity contribution in [1.29, 1.82) is 0 Å². The number of anilines is 1. The predicted octanol–water partition coefficient (Wildman–Crippen LogP) is 1.25. The van der Waals surface area contributed by atoms with Gasteiger partial charge in [-0.05, 0) is 31.6 Å². The van der Waals surface area contributed by atoms with Gasteiger partial charge in [0.1, 0.15) is 5.82 Å². The molecule has 1 heterocycles. The Bertz CT molecular complexity index is 594. The van der Waals surface area contributed by atoms with Gasteiger partial charge in [0.15, 0.2) is 0 Å². The van der Waals surface area contributed by atoms with Crippen molar-refractivity contribution in [2.24, 2.45) is 0 Å². The third-order valence-corrected chi connectivity index (χ3v) is 4.34. The van der Waals surface area contributed by atoms with Gasteiger partial charge in [0.05, 0.1) is 12.2 Å². The van der Waals surface area contributed by atoms with E-state index in [1.54, 1.807) is 37.2 Å². The van der Waals surface area contributed by atoms with Crippen LogP contribution in [0.3, 0.4) is 0 Å². The Morgan fingerprint density at radius 2 is 1.80 bits per heavy atom. The molecule has 1 aromatic carbocycles. The maximum Gasteiger partial charge on any atom is 0.236 e. The lowest BCUT2D eigenvalue weighted by Crippen LogP contribution is -2.39. The van der Waals surface area contributed by atoms with Crippen molar-refractivity contribution >= 4 is 17.5 Å². The van der Waals surface area contributed by atoms with E-state index >= 15 is 0 Å². The highest BCUT2D eigenvalue weighted by molar-refractivity contribution is 5.90. The lowest BCUT2D eigenvalue weighted by atomic mass is 10.3. The highest BCUT2D eigenvalue weighted by Crippen LogP contribution is 2.13. The van der Waals surface area contributed by atoms with Crippen molar-refractivity contribution in [1.82, 2.24) is 14.7 Å². The fourth-order valence-corrected chi connectivity index (χ4v) is 2.77. The summed E-state index contributed by atoms with van der Waals surface area (Å²) in [5.74, 6) is -0.501. The number of halogens is 1. The molecule has 1 aliphatic rings. The monoisotopic (exact) mass is 350 g/mol. The Balaban J connectivity index is 1.73. The molecule has 0 radical (unpaired) electrons. The van der Waals surface area contributed by atoms with E-state index in [9.17, 15) is 14.0 Å². The van der Waals surface area contributed by atoms with E-state index in [1.807, 2.05) is 0 Å². The molecule has 0 atom stereocenters. The quantitative estimate of drug-likeness (QED) is 0.839. The molecule has 0 bridgehead atoms. The topological polar surface area (TPSA) is 55.9 Å². The molecule has 0 saturated carbocycles. The molecule has 2 amide bonds. The summed E-state index contributed by atoms with van der Waals surface area (Å²) in [7, 11) is 3.53. The smallest absolute Gasteiger partial charge is 0.236 e. The molecule has 1 aromatic rings. The number of nitrogens with one attached hydrogen (secondary N) is 1. The molecule has 0 aromatic heterocycles. The molecule has 25 heavy (non-hydrogen) atoms. The summed E-state index contributed by atoms with van der Waals surface area (Å²) < 4.78 is 13.5. The number of hydrogen-bond donors (Lipinski definition) is 1. The second-order valence-corrected chi connectivity index (χ2v) is 6.54. The molecule has 138 valence electrons. The average Bonchev–Trinajstić information content (AvgIpc) is 2.80. The van der Waals surface area contributed by atoms with Gasteiger partial charge in [-0.25, -0.2) is 4.39 Å². The first-order valence-electron chi connectivity index (χ1n) is 8.65. The van der Waals surface area contributed by atoms with Crippen molar-refractivity contribution in [2.75, 3.05) is 58.7 Å². The van der Waals surface area contributed by atoms with E-state index < -0.39 is 5.82 Å². The van der Waals surface area contributed by atoms with Crippen LogP contribution >= 0.6 is 0 Å². The largest absolute Gasteiger partial charge is 0.348 e. The maximum atomic E-state index is 13.5. The Hall–Kier alpha value is -1.99. The molecule has 0 unspecified atom stereocenters. The third kappa shape index (κ3) is 6.43. The second-order valence-electron chi connectivity index (χ2n) is 6.54. The van der Waals surface area contributed by atoms with Crippen LogP contribution in [0.2, 0.25) is 0 Å². The molecule has 1 saturated heterocycles. The van der Waals surface area contributed by atoms with Crippen LogP contribution in [0.5, 0.6) is 0 Å². The summed E-state index contributed by atoms with van der Waals surface area (Å²) in [6, 6.07) is 6.17. The summed E-state index contributed by atoms with van der Waals surface area (Å²) in [6.45, 7) is 4.50. The number of amides is 2. The normalized spacial score (nSPS) is 16.3.